The minimum Gasteiger partial charge on any atom is -0.504 e. The molecule has 1 heterocycles. The number of halogens is 1. The molecule has 5 nitrogen and oxygen atoms in total. The first-order valence-corrected chi connectivity index (χ1v) is 9.55. The molecular formula is C23H25FO5. The van der Waals surface area contributed by atoms with Crippen LogP contribution in [0.15, 0.2) is 36.4 Å². The summed E-state index contributed by atoms with van der Waals surface area (Å²) in [5.74, 6) is -0.449. The maximum Gasteiger partial charge on any atom is 0.309 e. The van der Waals surface area contributed by atoms with Gasteiger partial charge in [0, 0.05) is 12.0 Å². The second-order valence-corrected chi connectivity index (χ2v) is 7.45. The van der Waals surface area contributed by atoms with E-state index in [9.17, 15) is 19.4 Å². The minimum atomic E-state index is -0.740. The topological polar surface area (TPSA) is 76.0 Å². The van der Waals surface area contributed by atoms with Crippen molar-refractivity contribution in [2.45, 2.75) is 44.8 Å². The van der Waals surface area contributed by atoms with Crippen LogP contribution in [-0.2, 0) is 9.53 Å². The number of benzene rings is 2. The number of cyclic esters (lactones) is 1. The number of aliphatic hydroxyl groups excluding tert-OH is 1. The van der Waals surface area contributed by atoms with Crippen LogP contribution in [0.1, 0.15) is 43.7 Å². The summed E-state index contributed by atoms with van der Waals surface area (Å²) in [6.45, 7) is 4.03. The van der Waals surface area contributed by atoms with Crippen LogP contribution in [-0.4, -0.2) is 35.5 Å². The molecule has 0 aromatic heterocycles. The van der Waals surface area contributed by atoms with Crippen LogP contribution in [0, 0.1) is 5.82 Å². The predicted octanol–water partition coefficient (Wildman–Crippen LogP) is 4.41. The highest BCUT2D eigenvalue weighted by atomic mass is 19.1. The molecule has 0 amide bonds. The van der Waals surface area contributed by atoms with Gasteiger partial charge in [0.1, 0.15) is 11.9 Å². The number of hydrogen-bond donors (Lipinski definition) is 2. The Balaban J connectivity index is 2.14. The Kier molecular flexibility index (Phi) is 6.23. The van der Waals surface area contributed by atoms with Gasteiger partial charge in [-0.2, -0.15) is 0 Å². The highest BCUT2D eigenvalue weighted by molar-refractivity contribution is 5.85. The molecule has 6 heteroatoms. The van der Waals surface area contributed by atoms with E-state index in [1.807, 2.05) is 13.8 Å². The first-order chi connectivity index (χ1) is 13.8. The molecule has 1 aliphatic heterocycles. The second-order valence-electron chi connectivity index (χ2n) is 7.45. The van der Waals surface area contributed by atoms with Crippen LogP contribution in [0.2, 0.25) is 0 Å². The summed E-state index contributed by atoms with van der Waals surface area (Å²) in [7, 11) is 1.48. The lowest BCUT2D eigenvalue weighted by atomic mass is 9.88. The zero-order chi connectivity index (χ0) is 21.1. The maximum absolute atomic E-state index is 13.4. The Morgan fingerprint density at radius 1 is 1.28 bits per heavy atom. The van der Waals surface area contributed by atoms with Gasteiger partial charge in [-0.15, -0.1) is 0 Å². The third-order valence-corrected chi connectivity index (χ3v) is 4.98. The molecule has 1 aliphatic rings. The Hall–Kier alpha value is -2.86. The standard InChI is InChI=1S/C23H25FO5/c1-13(2)19-12-20(28-3)23(27)22(14-4-6-15(24)7-5-14)18(19)9-8-17-10-16(25)11-21(26)29-17/h4-9,12-13,16-17,25,27H,10-11H2,1-3H3/b9-8+/t16-,17-/m0/s1. The first kappa shape index (κ1) is 20.9. The van der Waals surface area contributed by atoms with E-state index >= 15 is 0 Å². The number of ether oxygens (including phenoxy) is 2. The summed E-state index contributed by atoms with van der Waals surface area (Å²) in [5.41, 5.74) is 2.77. The van der Waals surface area contributed by atoms with E-state index < -0.39 is 18.2 Å². The highest BCUT2D eigenvalue weighted by Crippen LogP contribution is 2.44. The summed E-state index contributed by atoms with van der Waals surface area (Å²) < 4.78 is 24.1. The fourth-order valence-corrected chi connectivity index (χ4v) is 3.53. The first-order valence-electron chi connectivity index (χ1n) is 9.55. The van der Waals surface area contributed by atoms with Crippen LogP contribution in [0.25, 0.3) is 17.2 Å². The largest absolute Gasteiger partial charge is 0.504 e. The normalized spacial score (nSPS) is 19.6. The van der Waals surface area contributed by atoms with Crippen LogP contribution in [0.4, 0.5) is 4.39 Å². The SMILES string of the molecule is COc1cc(C(C)C)c(/C=C/[C@H]2C[C@H](O)CC(=O)O2)c(-c2ccc(F)cc2)c1O. The number of carbonyl (C=O) groups excluding carboxylic acids is 1. The van der Waals surface area contributed by atoms with E-state index in [1.54, 1.807) is 30.4 Å². The number of rotatable bonds is 5. The lowest BCUT2D eigenvalue weighted by Crippen LogP contribution is -2.31. The zero-order valence-electron chi connectivity index (χ0n) is 16.7. The highest BCUT2D eigenvalue weighted by Gasteiger charge is 2.26. The van der Waals surface area contributed by atoms with E-state index in [-0.39, 0.29) is 23.9 Å². The minimum absolute atomic E-state index is 0.00820. The van der Waals surface area contributed by atoms with Crippen molar-refractivity contribution in [3.8, 4) is 22.6 Å². The van der Waals surface area contributed by atoms with Gasteiger partial charge < -0.3 is 19.7 Å². The van der Waals surface area contributed by atoms with Gasteiger partial charge in [-0.05, 0) is 46.9 Å². The molecular weight excluding hydrogens is 375 g/mol. The molecule has 1 saturated heterocycles. The molecule has 0 aliphatic carbocycles. The van der Waals surface area contributed by atoms with Crippen molar-refractivity contribution >= 4 is 12.0 Å². The van der Waals surface area contributed by atoms with E-state index in [0.29, 0.717) is 23.3 Å². The number of phenols is 1. The summed E-state index contributed by atoms with van der Waals surface area (Å²) in [4.78, 5) is 11.6. The lowest BCUT2D eigenvalue weighted by Gasteiger charge is -2.24. The van der Waals surface area contributed by atoms with E-state index in [2.05, 4.69) is 0 Å². The van der Waals surface area contributed by atoms with Crippen molar-refractivity contribution in [1.82, 2.24) is 0 Å². The predicted molar refractivity (Wildman–Crippen MR) is 108 cm³/mol. The summed E-state index contributed by atoms with van der Waals surface area (Å²) in [5, 5.41) is 20.7. The maximum atomic E-state index is 13.4. The van der Waals surface area contributed by atoms with Crippen LogP contribution >= 0.6 is 0 Å². The molecule has 2 N–H and O–H groups in total. The van der Waals surface area contributed by atoms with Gasteiger partial charge in [-0.3, -0.25) is 4.79 Å². The number of aromatic hydroxyl groups is 1. The van der Waals surface area contributed by atoms with Crippen molar-refractivity contribution in [2.75, 3.05) is 7.11 Å². The van der Waals surface area contributed by atoms with Gasteiger partial charge in [0.05, 0.1) is 19.6 Å². The number of methoxy groups -OCH3 is 1. The van der Waals surface area contributed by atoms with Crippen molar-refractivity contribution in [3.05, 3.63) is 53.4 Å². The van der Waals surface area contributed by atoms with Crippen LogP contribution in [0.5, 0.6) is 11.5 Å². The summed E-state index contributed by atoms with van der Waals surface area (Å²) >= 11 is 0. The Bertz CT molecular complexity index is 918. The smallest absolute Gasteiger partial charge is 0.309 e. The lowest BCUT2D eigenvalue weighted by molar-refractivity contribution is -0.156. The molecule has 3 rings (SSSR count). The molecule has 0 unspecified atom stereocenters. The van der Waals surface area contributed by atoms with Crippen LogP contribution < -0.4 is 4.74 Å². The Morgan fingerprint density at radius 2 is 1.97 bits per heavy atom. The number of hydrogen-bond acceptors (Lipinski definition) is 5. The summed E-state index contributed by atoms with van der Waals surface area (Å²) in [6, 6.07) is 7.62. The quantitative estimate of drug-likeness (QED) is 0.727. The van der Waals surface area contributed by atoms with Crippen LogP contribution in [0.3, 0.4) is 0 Å². The van der Waals surface area contributed by atoms with Gasteiger partial charge in [0.15, 0.2) is 11.5 Å². The van der Waals surface area contributed by atoms with E-state index in [0.717, 1.165) is 11.1 Å². The monoisotopic (exact) mass is 400 g/mol. The molecule has 2 atom stereocenters. The van der Waals surface area contributed by atoms with Gasteiger partial charge in [0.25, 0.3) is 0 Å². The number of carbonyl (C=O) groups is 1. The third-order valence-electron chi connectivity index (χ3n) is 4.98. The van der Waals surface area contributed by atoms with Crippen molar-refractivity contribution in [2.24, 2.45) is 0 Å². The molecule has 1 fully saturated rings. The molecule has 2 aromatic rings. The molecule has 0 spiro atoms. The Labute approximate surface area is 169 Å². The van der Waals surface area contributed by atoms with E-state index in [1.165, 1.54) is 19.2 Å². The number of phenolic OH excluding ortho intramolecular Hbond substituents is 1. The van der Waals surface area contributed by atoms with Crippen molar-refractivity contribution in [3.63, 3.8) is 0 Å². The number of esters is 1. The average Bonchev–Trinajstić information content (AvgIpc) is 2.66. The average molecular weight is 400 g/mol. The fourth-order valence-electron chi connectivity index (χ4n) is 3.53. The zero-order valence-corrected chi connectivity index (χ0v) is 16.7. The van der Waals surface area contributed by atoms with E-state index in [4.69, 9.17) is 9.47 Å². The van der Waals surface area contributed by atoms with Gasteiger partial charge >= 0.3 is 5.97 Å². The van der Waals surface area contributed by atoms with Gasteiger partial charge in [0.2, 0.25) is 0 Å². The molecule has 0 radical (unpaired) electrons. The molecule has 0 bridgehead atoms. The van der Waals surface area contributed by atoms with Gasteiger partial charge in [-0.25, -0.2) is 4.39 Å². The molecule has 2 aromatic carbocycles. The molecule has 154 valence electrons. The Morgan fingerprint density at radius 3 is 2.55 bits per heavy atom. The third kappa shape index (κ3) is 4.59. The fraction of sp³-hybridized carbons (Fsp3) is 0.348. The second kappa shape index (κ2) is 8.66. The van der Waals surface area contributed by atoms with Crippen molar-refractivity contribution < 1.29 is 28.9 Å². The van der Waals surface area contributed by atoms with Gasteiger partial charge in [-0.1, -0.05) is 32.1 Å². The molecule has 0 saturated carbocycles. The molecule has 29 heavy (non-hydrogen) atoms. The number of aliphatic hydroxyl groups is 1. The summed E-state index contributed by atoms with van der Waals surface area (Å²) in [6.07, 6.45) is 2.50. The van der Waals surface area contributed by atoms with Crippen molar-refractivity contribution in [1.29, 1.82) is 0 Å².